The molecule has 180 valence electrons. The van der Waals surface area contributed by atoms with Crippen LogP contribution >= 0.6 is 11.3 Å². The Bertz CT molecular complexity index is 1480. The van der Waals surface area contributed by atoms with Crippen molar-refractivity contribution in [1.29, 1.82) is 0 Å². The molecule has 0 saturated heterocycles. The largest absolute Gasteiger partial charge is 0.481 e. The molecule has 4 aromatic rings. The summed E-state index contributed by atoms with van der Waals surface area (Å²) in [6.07, 6.45) is 4.43. The number of nitrogens with zero attached hydrogens (tertiary/aromatic N) is 3. The van der Waals surface area contributed by atoms with E-state index in [4.69, 9.17) is 4.74 Å². The van der Waals surface area contributed by atoms with E-state index < -0.39 is 0 Å². The number of ether oxygens (including phenoxy) is 1. The van der Waals surface area contributed by atoms with Crippen LogP contribution in [0.3, 0.4) is 0 Å². The van der Waals surface area contributed by atoms with E-state index in [1.54, 1.807) is 30.3 Å². The molecule has 2 amide bonds. The number of hydrogen-bond acceptors (Lipinski definition) is 6. The number of pyridine rings is 2. The Balaban J connectivity index is 1.33. The highest BCUT2D eigenvalue weighted by molar-refractivity contribution is 7.17. The number of para-hydroxylation sites is 1. The van der Waals surface area contributed by atoms with Crippen LogP contribution in [0.2, 0.25) is 0 Å². The van der Waals surface area contributed by atoms with E-state index in [1.165, 1.54) is 11.3 Å². The van der Waals surface area contributed by atoms with Crippen molar-refractivity contribution >= 4 is 28.8 Å². The summed E-state index contributed by atoms with van der Waals surface area (Å²) >= 11 is 1.50. The number of carbonyl (C=O) groups is 2. The van der Waals surface area contributed by atoms with Crippen LogP contribution in [-0.4, -0.2) is 41.5 Å². The molecule has 0 unspecified atom stereocenters. The molecule has 1 N–H and O–H groups in total. The van der Waals surface area contributed by atoms with Crippen LogP contribution in [0.5, 0.6) is 5.88 Å². The quantitative estimate of drug-likeness (QED) is 0.422. The first-order chi connectivity index (χ1) is 17.6. The van der Waals surface area contributed by atoms with Crippen molar-refractivity contribution in [3.63, 3.8) is 0 Å². The minimum atomic E-state index is -0.160. The fraction of sp³-hybridized carbons (Fsp3) is 0.214. The van der Waals surface area contributed by atoms with Gasteiger partial charge in [-0.3, -0.25) is 9.59 Å². The van der Waals surface area contributed by atoms with Gasteiger partial charge in [-0.05, 0) is 55.2 Å². The first-order valence-electron chi connectivity index (χ1n) is 11.9. The lowest BCUT2D eigenvalue weighted by molar-refractivity contribution is 0.0952. The Morgan fingerprint density at radius 2 is 1.94 bits per heavy atom. The van der Waals surface area contributed by atoms with Crippen LogP contribution in [0, 0.1) is 0 Å². The predicted molar refractivity (Wildman–Crippen MR) is 140 cm³/mol. The summed E-state index contributed by atoms with van der Waals surface area (Å²) in [7, 11) is 1.57. The standard InChI is InChI=1S/C28H24N4O3S/c1-35-25-16-17(11-13-29-25)21-6-4-7-22(31-21)28(34)32-14-12-18-15-24(27(33)30-19-9-10-19)36-26(18)20-5-2-3-8-23(20)32/h2-8,11,13,15-16,19H,9-10,12,14H2,1H3,(H,30,33). The number of nitrogens with one attached hydrogen (secondary N) is 1. The van der Waals surface area contributed by atoms with E-state index >= 15 is 0 Å². The summed E-state index contributed by atoms with van der Waals surface area (Å²) in [4.78, 5) is 38.8. The smallest absolute Gasteiger partial charge is 0.276 e. The van der Waals surface area contributed by atoms with Crippen LogP contribution in [0.15, 0.2) is 66.9 Å². The van der Waals surface area contributed by atoms with Gasteiger partial charge in [0.15, 0.2) is 0 Å². The molecule has 1 aliphatic carbocycles. The summed E-state index contributed by atoms with van der Waals surface area (Å²) in [6.45, 7) is 0.498. The first kappa shape index (κ1) is 22.4. The molecule has 4 heterocycles. The average Bonchev–Trinajstić information content (AvgIpc) is 3.67. The Hall–Kier alpha value is -4.04. The molecule has 1 aromatic carbocycles. The molecule has 0 bridgehead atoms. The number of fused-ring (bicyclic) bond motifs is 3. The third-order valence-electron chi connectivity index (χ3n) is 6.44. The number of thiophene rings is 1. The molecule has 0 atom stereocenters. The van der Waals surface area contributed by atoms with Gasteiger partial charge in [-0.1, -0.05) is 24.3 Å². The summed E-state index contributed by atoms with van der Waals surface area (Å²) in [5.41, 5.74) is 4.75. The number of benzene rings is 1. The monoisotopic (exact) mass is 496 g/mol. The van der Waals surface area contributed by atoms with Gasteiger partial charge < -0.3 is 15.0 Å². The van der Waals surface area contributed by atoms with Gasteiger partial charge in [0.25, 0.3) is 11.8 Å². The van der Waals surface area contributed by atoms with E-state index in [9.17, 15) is 9.59 Å². The predicted octanol–water partition coefficient (Wildman–Crippen LogP) is 4.98. The van der Waals surface area contributed by atoms with Crippen molar-refractivity contribution in [3.8, 4) is 27.6 Å². The zero-order valence-corrected chi connectivity index (χ0v) is 20.5. The molecular weight excluding hydrogens is 472 g/mol. The molecule has 1 saturated carbocycles. The van der Waals surface area contributed by atoms with Gasteiger partial charge in [0, 0.05) is 40.9 Å². The van der Waals surface area contributed by atoms with Crippen molar-refractivity contribution < 1.29 is 14.3 Å². The number of carbonyl (C=O) groups excluding carboxylic acids is 2. The fourth-order valence-electron chi connectivity index (χ4n) is 4.44. The summed E-state index contributed by atoms with van der Waals surface area (Å²) < 4.78 is 5.23. The van der Waals surface area contributed by atoms with Gasteiger partial charge in [-0.15, -0.1) is 11.3 Å². The van der Waals surface area contributed by atoms with Gasteiger partial charge in [-0.25, -0.2) is 9.97 Å². The molecule has 1 aliphatic heterocycles. The number of rotatable bonds is 5. The number of anilines is 1. The number of hydrogen-bond donors (Lipinski definition) is 1. The second-order valence-corrected chi connectivity index (χ2v) is 9.98. The molecule has 0 spiro atoms. The first-order valence-corrected chi connectivity index (χ1v) is 12.7. The van der Waals surface area contributed by atoms with Crippen molar-refractivity contribution in [3.05, 3.63) is 83.0 Å². The Labute approximate surface area is 212 Å². The highest BCUT2D eigenvalue weighted by Gasteiger charge is 2.29. The minimum Gasteiger partial charge on any atom is -0.481 e. The Morgan fingerprint density at radius 3 is 2.78 bits per heavy atom. The molecule has 1 fully saturated rings. The lowest BCUT2D eigenvalue weighted by Crippen LogP contribution is -2.33. The normalized spacial score (nSPS) is 14.4. The van der Waals surface area contributed by atoms with Gasteiger partial charge >= 0.3 is 0 Å². The van der Waals surface area contributed by atoms with Crippen LogP contribution < -0.4 is 15.0 Å². The van der Waals surface area contributed by atoms with Crippen molar-refractivity contribution in [2.45, 2.75) is 25.3 Å². The molecule has 8 heteroatoms. The lowest BCUT2D eigenvalue weighted by atomic mass is 10.1. The zero-order valence-electron chi connectivity index (χ0n) is 19.7. The van der Waals surface area contributed by atoms with Crippen molar-refractivity contribution in [2.24, 2.45) is 0 Å². The Kier molecular flexibility index (Phi) is 5.73. The van der Waals surface area contributed by atoms with E-state index in [0.29, 0.717) is 36.3 Å². The number of amides is 2. The van der Waals surface area contributed by atoms with Crippen LogP contribution in [0.4, 0.5) is 5.69 Å². The zero-order chi connectivity index (χ0) is 24.6. The van der Waals surface area contributed by atoms with Gasteiger partial charge in [0.05, 0.1) is 23.4 Å². The maximum absolute atomic E-state index is 13.8. The molecule has 7 nitrogen and oxygen atoms in total. The molecular formula is C28H24N4O3S. The lowest BCUT2D eigenvalue weighted by Gasteiger charge is -2.23. The SMILES string of the molecule is COc1cc(-c2cccc(C(=O)N3CCc4cc(C(=O)NC5CC5)sc4-c4ccccc43)n2)ccn1. The summed E-state index contributed by atoms with van der Waals surface area (Å²) in [5.74, 6) is 0.325. The molecule has 3 aromatic heterocycles. The van der Waals surface area contributed by atoms with Crippen molar-refractivity contribution in [1.82, 2.24) is 15.3 Å². The van der Waals surface area contributed by atoms with Crippen molar-refractivity contribution in [2.75, 3.05) is 18.6 Å². The maximum Gasteiger partial charge on any atom is 0.276 e. The van der Waals surface area contributed by atoms with Gasteiger partial charge in [0.2, 0.25) is 5.88 Å². The van der Waals surface area contributed by atoms with Gasteiger partial charge in [-0.2, -0.15) is 0 Å². The minimum absolute atomic E-state index is 0.00487. The third kappa shape index (κ3) is 4.24. The van der Waals surface area contributed by atoms with E-state index in [2.05, 4.69) is 15.3 Å². The summed E-state index contributed by atoms with van der Waals surface area (Å²) in [6, 6.07) is 19.3. The molecule has 2 aliphatic rings. The highest BCUT2D eigenvalue weighted by atomic mass is 32.1. The summed E-state index contributed by atoms with van der Waals surface area (Å²) in [5, 5.41) is 3.08. The number of methoxy groups -OCH3 is 1. The molecule has 36 heavy (non-hydrogen) atoms. The topological polar surface area (TPSA) is 84.4 Å². The fourth-order valence-corrected chi connectivity index (χ4v) is 5.58. The maximum atomic E-state index is 13.8. The van der Waals surface area contributed by atoms with E-state index in [1.807, 2.05) is 48.5 Å². The highest BCUT2D eigenvalue weighted by Crippen LogP contribution is 2.42. The third-order valence-corrected chi connectivity index (χ3v) is 7.65. The van der Waals surface area contributed by atoms with E-state index in [0.717, 1.165) is 45.0 Å². The van der Waals surface area contributed by atoms with E-state index in [-0.39, 0.29) is 11.8 Å². The van der Waals surface area contributed by atoms with Crippen LogP contribution in [-0.2, 0) is 6.42 Å². The Morgan fingerprint density at radius 1 is 1.08 bits per heavy atom. The van der Waals surface area contributed by atoms with Crippen LogP contribution in [0.25, 0.3) is 21.7 Å². The number of aromatic nitrogens is 2. The molecule has 0 radical (unpaired) electrons. The van der Waals surface area contributed by atoms with Gasteiger partial charge in [0.1, 0.15) is 5.69 Å². The second-order valence-electron chi connectivity index (χ2n) is 8.93. The average molecular weight is 497 g/mol. The van der Waals surface area contributed by atoms with Crippen LogP contribution in [0.1, 0.15) is 38.6 Å². The second kappa shape index (κ2) is 9.20. The molecule has 6 rings (SSSR count).